The summed E-state index contributed by atoms with van der Waals surface area (Å²) < 4.78 is 44.1. The van der Waals surface area contributed by atoms with Gasteiger partial charge in [0.15, 0.2) is 17.5 Å². The van der Waals surface area contributed by atoms with Crippen LogP contribution >= 0.6 is 0 Å². The molecule has 0 unspecified atom stereocenters. The molecule has 2 aromatic carbocycles. The highest BCUT2D eigenvalue weighted by Crippen LogP contribution is 2.28. The molecule has 8 nitrogen and oxygen atoms in total. The van der Waals surface area contributed by atoms with Crippen molar-refractivity contribution in [1.29, 1.82) is 42.1 Å². The van der Waals surface area contributed by atoms with Gasteiger partial charge in [0.05, 0.1) is 33.9 Å². The van der Waals surface area contributed by atoms with Crippen molar-refractivity contribution in [1.82, 2.24) is 0 Å². The quantitative estimate of drug-likeness (QED) is 0.601. The SMILES string of the molecule is N#CC(C#N)=c1cc(C#N)/c(=C(/C#N)c2c(F)c(F)c(C#N)c(C#N)c2F)c(C#N)c1C#N. The summed E-state index contributed by atoms with van der Waals surface area (Å²) in [6, 6.07) is 11.9. The van der Waals surface area contributed by atoms with Crippen molar-refractivity contribution < 1.29 is 13.2 Å². The first-order valence-corrected chi connectivity index (χ1v) is 8.18. The maximum Gasteiger partial charge on any atom is 0.178 e. The van der Waals surface area contributed by atoms with Crippen molar-refractivity contribution in [2.45, 2.75) is 0 Å². The summed E-state index contributed by atoms with van der Waals surface area (Å²) in [6.07, 6.45) is 0. The molecule has 0 aliphatic heterocycles. The summed E-state index contributed by atoms with van der Waals surface area (Å²) >= 11 is 0. The van der Waals surface area contributed by atoms with Gasteiger partial charge in [0.1, 0.15) is 59.2 Å². The Kier molecular flexibility index (Phi) is 6.42. The highest BCUT2D eigenvalue weighted by molar-refractivity contribution is 5.83. The van der Waals surface area contributed by atoms with Crippen LogP contribution in [0.3, 0.4) is 0 Å². The Hall–Kier alpha value is -6.11. The van der Waals surface area contributed by atoms with Crippen LogP contribution in [0.2, 0.25) is 0 Å². The number of nitriles is 8. The zero-order valence-corrected chi connectivity index (χ0v) is 15.8. The summed E-state index contributed by atoms with van der Waals surface area (Å²) in [7, 11) is 0. The van der Waals surface area contributed by atoms with Gasteiger partial charge in [-0.15, -0.1) is 0 Å². The molecule has 0 amide bonds. The molecule has 2 rings (SSSR count). The molecule has 0 saturated carbocycles. The minimum Gasteiger partial charge on any atom is -0.205 e. The first kappa shape index (κ1) is 23.2. The molecule has 0 aliphatic rings. The van der Waals surface area contributed by atoms with Gasteiger partial charge in [-0.05, 0) is 6.07 Å². The van der Waals surface area contributed by atoms with Crippen molar-refractivity contribution in [3.63, 3.8) is 0 Å². The van der Waals surface area contributed by atoms with Crippen molar-refractivity contribution in [2.75, 3.05) is 0 Å². The van der Waals surface area contributed by atoms with Crippen LogP contribution in [-0.4, -0.2) is 0 Å². The summed E-state index contributed by atoms with van der Waals surface area (Å²) in [6.45, 7) is 0. The number of benzene rings is 2. The Morgan fingerprint density at radius 3 is 1.52 bits per heavy atom. The fourth-order valence-electron chi connectivity index (χ4n) is 2.93. The fraction of sp³-hybridized carbons (Fsp3) is 0. The highest BCUT2D eigenvalue weighted by Gasteiger charge is 2.29. The number of nitrogens with zero attached hydrogens (tertiary/aromatic N) is 8. The van der Waals surface area contributed by atoms with E-state index in [4.69, 9.17) is 21.0 Å². The van der Waals surface area contributed by atoms with E-state index in [9.17, 15) is 34.2 Å². The Balaban J connectivity index is 3.49. The fourth-order valence-corrected chi connectivity index (χ4v) is 2.93. The molecule has 0 heterocycles. The van der Waals surface area contributed by atoms with Crippen molar-refractivity contribution >= 4 is 11.1 Å². The van der Waals surface area contributed by atoms with Crippen molar-refractivity contribution in [3.05, 3.63) is 67.3 Å². The molecular formula is C22HF3N8. The molecule has 0 spiro atoms. The summed E-state index contributed by atoms with van der Waals surface area (Å²) in [5, 5.41) is 73.2. The first-order chi connectivity index (χ1) is 15.8. The Bertz CT molecular complexity index is 1710. The van der Waals surface area contributed by atoms with Gasteiger partial charge in [0.2, 0.25) is 0 Å². The van der Waals surface area contributed by atoms with Crippen LogP contribution in [0.15, 0.2) is 6.07 Å². The van der Waals surface area contributed by atoms with Gasteiger partial charge in [0, 0.05) is 10.4 Å². The van der Waals surface area contributed by atoms with E-state index >= 15 is 0 Å². The average Bonchev–Trinajstić information content (AvgIpc) is 2.83. The third-order valence-electron chi connectivity index (χ3n) is 4.32. The van der Waals surface area contributed by atoms with E-state index in [0.717, 1.165) is 12.1 Å². The molecule has 11 heteroatoms. The zero-order chi connectivity index (χ0) is 24.9. The van der Waals surface area contributed by atoms with E-state index in [1.807, 2.05) is 0 Å². The maximum atomic E-state index is 15.0. The number of hydrogen-bond acceptors (Lipinski definition) is 8. The summed E-state index contributed by atoms with van der Waals surface area (Å²) in [5.74, 6) is -5.80. The Morgan fingerprint density at radius 1 is 0.576 bits per heavy atom. The summed E-state index contributed by atoms with van der Waals surface area (Å²) in [4.78, 5) is 0. The van der Waals surface area contributed by atoms with Gasteiger partial charge in [-0.25, -0.2) is 13.2 Å². The Labute approximate surface area is 182 Å². The average molecular weight is 434 g/mol. The van der Waals surface area contributed by atoms with Crippen LogP contribution in [0.4, 0.5) is 13.2 Å². The minimum absolute atomic E-state index is 0.443. The molecular weight excluding hydrogens is 433 g/mol. The monoisotopic (exact) mass is 434 g/mol. The second-order valence-electron chi connectivity index (χ2n) is 5.81. The van der Waals surface area contributed by atoms with E-state index in [1.54, 1.807) is 0 Å². The smallest absolute Gasteiger partial charge is 0.178 e. The van der Waals surface area contributed by atoms with E-state index in [-0.39, 0.29) is 0 Å². The molecule has 0 N–H and O–H groups in total. The zero-order valence-electron chi connectivity index (χ0n) is 15.8. The van der Waals surface area contributed by atoms with Gasteiger partial charge >= 0.3 is 0 Å². The van der Waals surface area contributed by atoms with Crippen LogP contribution in [0.25, 0.3) is 11.1 Å². The predicted molar refractivity (Wildman–Crippen MR) is 98.3 cm³/mol. The van der Waals surface area contributed by atoms with Gasteiger partial charge in [-0.1, -0.05) is 0 Å². The third kappa shape index (κ3) is 3.40. The second kappa shape index (κ2) is 9.14. The summed E-state index contributed by atoms with van der Waals surface area (Å²) in [5.41, 5.74) is -7.83. The van der Waals surface area contributed by atoms with E-state index in [2.05, 4.69) is 0 Å². The molecule has 0 aromatic heterocycles. The lowest BCUT2D eigenvalue weighted by molar-refractivity contribution is 0.488. The van der Waals surface area contributed by atoms with Gasteiger partial charge in [-0.2, -0.15) is 42.1 Å². The molecule has 150 valence electrons. The maximum absolute atomic E-state index is 15.0. The normalized spacial score (nSPS) is 9.91. The molecule has 2 aromatic rings. The number of rotatable bonds is 1. The number of halogens is 3. The molecule has 33 heavy (non-hydrogen) atoms. The van der Waals surface area contributed by atoms with E-state index in [1.165, 1.54) is 42.5 Å². The van der Waals surface area contributed by atoms with Crippen LogP contribution in [-0.2, 0) is 0 Å². The van der Waals surface area contributed by atoms with Crippen LogP contribution < -0.4 is 10.4 Å². The largest absolute Gasteiger partial charge is 0.205 e. The molecule has 0 radical (unpaired) electrons. The lowest BCUT2D eigenvalue weighted by atomic mass is 9.90. The van der Waals surface area contributed by atoms with E-state index in [0.29, 0.717) is 0 Å². The second-order valence-corrected chi connectivity index (χ2v) is 5.81. The third-order valence-corrected chi connectivity index (χ3v) is 4.32. The van der Waals surface area contributed by atoms with Gasteiger partial charge in [0.25, 0.3) is 0 Å². The lowest BCUT2D eigenvalue weighted by Crippen LogP contribution is -2.26. The van der Waals surface area contributed by atoms with Gasteiger partial charge < -0.3 is 0 Å². The molecule has 0 atom stereocenters. The van der Waals surface area contributed by atoms with Crippen LogP contribution in [0, 0.1) is 108 Å². The highest BCUT2D eigenvalue weighted by atomic mass is 19.2. The number of hydrogen-bond donors (Lipinski definition) is 0. The Morgan fingerprint density at radius 2 is 1.09 bits per heavy atom. The lowest BCUT2D eigenvalue weighted by Gasteiger charge is -2.10. The van der Waals surface area contributed by atoms with Crippen molar-refractivity contribution in [2.24, 2.45) is 0 Å². The van der Waals surface area contributed by atoms with E-state index < -0.39 is 72.4 Å². The van der Waals surface area contributed by atoms with Crippen molar-refractivity contribution in [3.8, 4) is 48.6 Å². The minimum atomic E-state index is -2.05. The van der Waals surface area contributed by atoms with Crippen LogP contribution in [0.1, 0.15) is 33.4 Å². The van der Waals surface area contributed by atoms with Crippen LogP contribution in [0.5, 0.6) is 0 Å². The topological polar surface area (TPSA) is 190 Å². The molecule has 0 saturated heterocycles. The predicted octanol–water partition coefficient (Wildman–Crippen LogP) is 1.38. The molecule has 0 fully saturated rings. The molecule has 0 bridgehead atoms. The molecule has 0 aliphatic carbocycles. The standard InChI is InChI=1S/C22HF3N8/c23-20-15(7-31)16(8-32)21(24)22(25)19(20)17(9-33)18-10(2-26)1-12(11(3-27)4-28)13(5-29)14(18)6-30/h1H/b18-17+. The first-order valence-electron chi connectivity index (χ1n) is 8.18. The van der Waals surface area contributed by atoms with Gasteiger partial charge in [-0.3, -0.25) is 0 Å².